The van der Waals surface area contributed by atoms with Gasteiger partial charge < -0.3 is 0 Å². The first kappa shape index (κ1) is 11.0. The highest BCUT2D eigenvalue weighted by atomic mass is 14.1. The van der Waals surface area contributed by atoms with E-state index in [2.05, 4.69) is 74.5 Å². The van der Waals surface area contributed by atoms with Crippen LogP contribution in [0.25, 0.3) is 21.9 Å². The van der Waals surface area contributed by atoms with Crippen LogP contribution in [0.4, 0.5) is 0 Å². The summed E-state index contributed by atoms with van der Waals surface area (Å²) in [4.78, 5) is 0. The molecule has 0 aliphatic carbocycles. The lowest BCUT2D eigenvalue weighted by atomic mass is 9.97. The summed E-state index contributed by atoms with van der Waals surface area (Å²) in [5, 5.41) is 2.62. The predicted octanol–water partition coefficient (Wildman–Crippen LogP) is 5.12. The van der Waals surface area contributed by atoms with Gasteiger partial charge in [-0.15, -0.1) is 0 Å². The van der Waals surface area contributed by atoms with Gasteiger partial charge in [-0.25, -0.2) is 0 Å². The Bertz CT molecular complexity index is 708. The molecule has 0 heteroatoms. The first-order valence-electron chi connectivity index (χ1n) is 6.30. The van der Waals surface area contributed by atoms with Crippen LogP contribution < -0.4 is 0 Å². The Balaban J connectivity index is 2.20. The molecule has 0 heterocycles. The van der Waals surface area contributed by atoms with Gasteiger partial charge >= 0.3 is 0 Å². The molecule has 0 aliphatic heterocycles. The number of rotatable bonds is 1. The molecule has 0 fully saturated rings. The maximum atomic E-state index is 2.27. The fourth-order valence-corrected chi connectivity index (χ4v) is 2.43. The fraction of sp³-hybridized carbons (Fsp3) is 0.111. The average Bonchev–Trinajstić information content (AvgIpc) is 2.39. The second-order valence-electron chi connectivity index (χ2n) is 4.88. The van der Waals surface area contributed by atoms with Crippen molar-refractivity contribution in [1.82, 2.24) is 0 Å². The highest BCUT2D eigenvalue weighted by Crippen LogP contribution is 2.27. The molecule has 0 N–H and O–H groups in total. The molecule has 0 bridgehead atoms. The van der Waals surface area contributed by atoms with E-state index < -0.39 is 0 Å². The fourth-order valence-electron chi connectivity index (χ4n) is 2.43. The topological polar surface area (TPSA) is 0 Å². The number of hydrogen-bond acceptors (Lipinski definition) is 0. The van der Waals surface area contributed by atoms with E-state index in [1.807, 2.05) is 0 Å². The summed E-state index contributed by atoms with van der Waals surface area (Å²) in [6.45, 7) is 4.30. The van der Waals surface area contributed by atoms with Crippen LogP contribution >= 0.6 is 0 Å². The van der Waals surface area contributed by atoms with E-state index in [0.717, 1.165) is 0 Å². The van der Waals surface area contributed by atoms with Gasteiger partial charge in [0.15, 0.2) is 0 Å². The largest absolute Gasteiger partial charge is 0.0620 e. The molecule has 0 aromatic heterocycles. The van der Waals surface area contributed by atoms with Crippen molar-refractivity contribution in [2.75, 3.05) is 0 Å². The average molecular weight is 232 g/mol. The van der Waals surface area contributed by atoms with Crippen LogP contribution in [0.5, 0.6) is 0 Å². The van der Waals surface area contributed by atoms with Crippen molar-refractivity contribution in [1.29, 1.82) is 0 Å². The van der Waals surface area contributed by atoms with E-state index in [4.69, 9.17) is 0 Å². The minimum atomic E-state index is 1.30. The molecular weight excluding hydrogens is 216 g/mol. The summed E-state index contributed by atoms with van der Waals surface area (Å²) < 4.78 is 0. The van der Waals surface area contributed by atoms with E-state index in [9.17, 15) is 0 Å². The van der Waals surface area contributed by atoms with E-state index in [-0.39, 0.29) is 0 Å². The first-order valence-corrected chi connectivity index (χ1v) is 6.30. The molecule has 88 valence electrons. The SMILES string of the molecule is Cc1ccc2cc(-c3ccccc3C)ccc2c1. The van der Waals surface area contributed by atoms with Gasteiger partial charge in [0.25, 0.3) is 0 Å². The Morgan fingerprint density at radius 3 is 2.22 bits per heavy atom. The highest BCUT2D eigenvalue weighted by Gasteiger charge is 2.02. The Morgan fingerprint density at radius 2 is 1.39 bits per heavy atom. The summed E-state index contributed by atoms with van der Waals surface area (Å²) in [5.74, 6) is 0. The van der Waals surface area contributed by atoms with Crippen molar-refractivity contribution in [3.05, 3.63) is 71.8 Å². The van der Waals surface area contributed by atoms with Gasteiger partial charge in [-0.2, -0.15) is 0 Å². The highest BCUT2D eigenvalue weighted by molar-refractivity contribution is 5.88. The summed E-state index contributed by atoms with van der Waals surface area (Å²) >= 11 is 0. The number of fused-ring (bicyclic) bond motifs is 1. The zero-order valence-corrected chi connectivity index (χ0v) is 10.8. The summed E-state index contributed by atoms with van der Waals surface area (Å²) in [5.41, 5.74) is 5.25. The normalized spacial score (nSPS) is 10.8. The minimum Gasteiger partial charge on any atom is -0.0620 e. The van der Waals surface area contributed by atoms with Crippen molar-refractivity contribution >= 4 is 10.8 Å². The molecule has 0 saturated carbocycles. The maximum Gasteiger partial charge on any atom is -0.0155 e. The van der Waals surface area contributed by atoms with E-state index in [1.165, 1.54) is 33.0 Å². The first-order chi connectivity index (χ1) is 8.74. The third-order valence-corrected chi connectivity index (χ3v) is 3.45. The van der Waals surface area contributed by atoms with Crippen molar-refractivity contribution < 1.29 is 0 Å². The molecule has 3 aromatic rings. The zero-order chi connectivity index (χ0) is 12.5. The molecule has 0 unspecified atom stereocenters. The van der Waals surface area contributed by atoms with Crippen LogP contribution in [0.15, 0.2) is 60.7 Å². The Labute approximate surface area is 108 Å². The van der Waals surface area contributed by atoms with Gasteiger partial charge in [0.05, 0.1) is 0 Å². The molecule has 0 radical (unpaired) electrons. The van der Waals surface area contributed by atoms with Crippen molar-refractivity contribution in [3.63, 3.8) is 0 Å². The van der Waals surface area contributed by atoms with Gasteiger partial charge in [-0.05, 0) is 47.4 Å². The third-order valence-electron chi connectivity index (χ3n) is 3.45. The summed E-state index contributed by atoms with van der Waals surface area (Å²) in [6, 6.07) is 21.8. The lowest BCUT2D eigenvalue weighted by Crippen LogP contribution is -1.83. The number of aryl methyl sites for hydroxylation is 2. The summed E-state index contributed by atoms with van der Waals surface area (Å²) in [6.07, 6.45) is 0. The van der Waals surface area contributed by atoms with Crippen LogP contribution in [0.3, 0.4) is 0 Å². The van der Waals surface area contributed by atoms with Crippen molar-refractivity contribution in [3.8, 4) is 11.1 Å². The van der Waals surface area contributed by atoms with Gasteiger partial charge in [0, 0.05) is 0 Å². The molecule has 0 spiro atoms. The van der Waals surface area contributed by atoms with Gasteiger partial charge in [-0.1, -0.05) is 60.2 Å². The molecule has 0 aliphatic rings. The van der Waals surface area contributed by atoms with Crippen LogP contribution in [-0.4, -0.2) is 0 Å². The van der Waals surface area contributed by atoms with Crippen LogP contribution in [0.2, 0.25) is 0 Å². The van der Waals surface area contributed by atoms with Crippen molar-refractivity contribution in [2.24, 2.45) is 0 Å². The van der Waals surface area contributed by atoms with Crippen LogP contribution in [-0.2, 0) is 0 Å². The van der Waals surface area contributed by atoms with Gasteiger partial charge in [0.2, 0.25) is 0 Å². The zero-order valence-electron chi connectivity index (χ0n) is 10.8. The minimum absolute atomic E-state index is 1.30. The lowest BCUT2D eigenvalue weighted by Gasteiger charge is -2.07. The number of benzene rings is 3. The molecule has 0 saturated heterocycles. The molecule has 0 amide bonds. The molecule has 3 rings (SSSR count). The third kappa shape index (κ3) is 1.91. The number of hydrogen-bond donors (Lipinski definition) is 0. The van der Waals surface area contributed by atoms with Crippen molar-refractivity contribution in [2.45, 2.75) is 13.8 Å². The smallest absolute Gasteiger partial charge is 0.0155 e. The lowest BCUT2D eigenvalue weighted by molar-refractivity contribution is 1.46. The molecule has 3 aromatic carbocycles. The molecule has 0 nitrogen and oxygen atoms in total. The molecular formula is C18H16. The predicted molar refractivity (Wildman–Crippen MR) is 78.9 cm³/mol. The van der Waals surface area contributed by atoms with Crippen LogP contribution in [0.1, 0.15) is 11.1 Å². The standard InChI is InChI=1S/C18H16/c1-13-7-8-16-12-17(10-9-15(16)11-13)18-6-4-3-5-14(18)2/h3-12H,1-2H3. The second kappa shape index (κ2) is 4.30. The maximum absolute atomic E-state index is 2.27. The van der Waals surface area contributed by atoms with Crippen LogP contribution in [0, 0.1) is 13.8 Å². The molecule has 0 atom stereocenters. The Morgan fingerprint density at radius 1 is 0.667 bits per heavy atom. The Hall–Kier alpha value is -2.08. The summed E-state index contributed by atoms with van der Waals surface area (Å²) in [7, 11) is 0. The Kier molecular flexibility index (Phi) is 2.64. The molecule has 18 heavy (non-hydrogen) atoms. The second-order valence-corrected chi connectivity index (χ2v) is 4.88. The van der Waals surface area contributed by atoms with Gasteiger partial charge in [-0.3, -0.25) is 0 Å². The van der Waals surface area contributed by atoms with E-state index in [0.29, 0.717) is 0 Å². The van der Waals surface area contributed by atoms with Gasteiger partial charge in [0.1, 0.15) is 0 Å². The van der Waals surface area contributed by atoms with E-state index in [1.54, 1.807) is 0 Å². The quantitative estimate of drug-likeness (QED) is 0.546. The monoisotopic (exact) mass is 232 g/mol. The van der Waals surface area contributed by atoms with E-state index >= 15 is 0 Å².